The molecule has 0 bridgehead atoms. The van der Waals surface area contributed by atoms with Gasteiger partial charge in [0, 0.05) is 31.7 Å². The third kappa shape index (κ3) is 2.94. The van der Waals surface area contributed by atoms with Crippen molar-refractivity contribution in [2.75, 3.05) is 32.8 Å². The largest absolute Gasteiger partial charge is 0.394 e. The van der Waals surface area contributed by atoms with E-state index in [1.807, 2.05) is 0 Å². The van der Waals surface area contributed by atoms with Crippen LogP contribution in [0.15, 0.2) is 0 Å². The lowest BCUT2D eigenvalue weighted by atomic mass is 9.89. The zero-order valence-electron chi connectivity index (χ0n) is 9.71. The maximum absolute atomic E-state index is 9.52. The molecule has 0 saturated carbocycles. The van der Waals surface area contributed by atoms with Gasteiger partial charge in [0.2, 0.25) is 0 Å². The summed E-state index contributed by atoms with van der Waals surface area (Å²) in [7, 11) is 0. The minimum absolute atomic E-state index is 0.0176. The second-order valence-electron chi connectivity index (χ2n) is 4.99. The van der Waals surface area contributed by atoms with E-state index in [4.69, 9.17) is 0 Å². The molecule has 0 aliphatic carbocycles. The number of hydrogen-bond acceptors (Lipinski definition) is 3. The Kier molecular flexibility index (Phi) is 4.35. The van der Waals surface area contributed by atoms with Gasteiger partial charge in [-0.25, -0.2) is 0 Å². The van der Waals surface area contributed by atoms with E-state index in [1.54, 1.807) is 0 Å². The van der Waals surface area contributed by atoms with Gasteiger partial charge in [0.05, 0.1) is 6.61 Å². The molecule has 0 aromatic rings. The van der Waals surface area contributed by atoms with E-state index in [9.17, 15) is 5.11 Å². The van der Waals surface area contributed by atoms with Crippen LogP contribution in [0.2, 0.25) is 0 Å². The van der Waals surface area contributed by atoms with Gasteiger partial charge in [-0.1, -0.05) is 13.8 Å². The minimum Gasteiger partial charge on any atom is -0.394 e. The summed E-state index contributed by atoms with van der Waals surface area (Å²) >= 11 is 0. The first-order valence-electron chi connectivity index (χ1n) is 5.65. The Morgan fingerprint density at radius 2 is 1.93 bits per heavy atom. The molecule has 0 aromatic heterocycles. The number of aliphatic hydroxyl groups is 1. The SMILES string of the molecule is CC(C)CC(C)(CO)N1CCNCC1. The van der Waals surface area contributed by atoms with E-state index in [2.05, 4.69) is 31.0 Å². The molecule has 1 unspecified atom stereocenters. The standard InChI is InChI=1S/C11H24N2O/c1-10(2)8-11(3,9-14)13-6-4-12-5-7-13/h10,12,14H,4-9H2,1-3H3. The number of rotatable bonds is 4. The lowest BCUT2D eigenvalue weighted by Crippen LogP contribution is -2.57. The Hall–Kier alpha value is -0.120. The van der Waals surface area contributed by atoms with Crippen molar-refractivity contribution in [1.82, 2.24) is 10.2 Å². The summed E-state index contributed by atoms with van der Waals surface area (Å²) in [6, 6.07) is 0. The molecule has 14 heavy (non-hydrogen) atoms. The summed E-state index contributed by atoms with van der Waals surface area (Å²) in [4.78, 5) is 2.42. The lowest BCUT2D eigenvalue weighted by molar-refractivity contribution is 0.0189. The van der Waals surface area contributed by atoms with Gasteiger partial charge in [0.15, 0.2) is 0 Å². The monoisotopic (exact) mass is 200 g/mol. The van der Waals surface area contributed by atoms with Gasteiger partial charge in [-0.3, -0.25) is 4.90 Å². The Morgan fingerprint density at radius 1 is 1.36 bits per heavy atom. The third-order valence-corrected chi connectivity index (χ3v) is 3.07. The smallest absolute Gasteiger partial charge is 0.0612 e. The number of nitrogens with one attached hydrogen (secondary N) is 1. The maximum Gasteiger partial charge on any atom is 0.0612 e. The molecular weight excluding hydrogens is 176 g/mol. The molecule has 0 amide bonds. The molecule has 1 heterocycles. The highest BCUT2D eigenvalue weighted by Crippen LogP contribution is 2.23. The van der Waals surface area contributed by atoms with Crippen molar-refractivity contribution in [2.45, 2.75) is 32.7 Å². The molecule has 1 atom stereocenters. The average molecular weight is 200 g/mol. The van der Waals surface area contributed by atoms with Crippen molar-refractivity contribution in [3.8, 4) is 0 Å². The summed E-state index contributed by atoms with van der Waals surface area (Å²) in [6.07, 6.45) is 1.07. The fraction of sp³-hybridized carbons (Fsp3) is 1.00. The van der Waals surface area contributed by atoms with Crippen LogP contribution in [0.1, 0.15) is 27.2 Å². The van der Waals surface area contributed by atoms with Crippen LogP contribution in [0.5, 0.6) is 0 Å². The van der Waals surface area contributed by atoms with Crippen LogP contribution in [0.25, 0.3) is 0 Å². The van der Waals surface area contributed by atoms with E-state index in [0.29, 0.717) is 5.92 Å². The zero-order chi connectivity index (χ0) is 10.6. The van der Waals surface area contributed by atoms with Crippen molar-refractivity contribution in [2.24, 2.45) is 5.92 Å². The van der Waals surface area contributed by atoms with E-state index < -0.39 is 0 Å². The van der Waals surface area contributed by atoms with Crippen LogP contribution >= 0.6 is 0 Å². The zero-order valence-corrected chi connectivity index (χ0v) is 9.71. The molecule has 0 spiro atoms. The summed E-state index contributed by atoms with van der Waals surface area (Å²) in [6.45, 7) is 11.1. The molecule has 1 aliphatic rings. The Labute approximate surface area is 87.5 Å². The van der Waals surface area contributed by atoms with E-state index in [1.165, 1.54) is 0 Å². The van der Waals surface area contributed by atoms with Gasteiger partial charge in [0.25, 0.3) is 0 Å². The third-order valence-electron chi connectivity index (χ3n) is 3.07. The van der Waals surface area contributed by atoms with Crippen molar-refractivity contribution in [1.29, 1.82) is 0 Å². The predicted molar refractivity (Wildman–Crippen MR) is 59.4 cm³/mol. The fourth-order valence-corrected chi connectivity index (χ4v) is 2.38. The van der Waals surface area contributed by atoms with Gasteiger partial charge in [0.1, 0.15) is 0 Å². The number of piperazine rings is 1. The molecule has 2 N–H and O–H groups in total. The van der Waals surface area contributed by atoms with Gasteiger partial charge in [-0.15, -0.1) is 0 Å². The summed E-state index contributed by atoms with van der Waals surface area (Å²) in [5.41, 5.74) is -0.0176. The number of hydrogen-bond donors (Lipinski definition) is 2. The highest BCUT2D eigenvalue weighted by molar-refractivity contribution is 4.88. The second kappa shape index (κ2) is 5.10. The molecule has 1 fully saturated rings. The predicted octanol–water partition coefficient (Wildman–Crippen LogP) is 0.689. The van der Waals surface area contributed by atoms with Crippen LogP contribution in [0.3, 0.4) is 0 Å². The minimum atomic E-state index is -0.0176. The first-order chi connectivity index (χ1) is 6.58. The van der Waals surface area contributed by atoms with Gasteiger partial charge >= 0.3 is 0 Å². The van der Waals surface area contributed by atoms with Crippen molar-refractivity contribution >= 4 is 0 Å². The van der Waals surface area contributed by atoms with E-state index in [-0.39, 0.29) is 12.1 Å². The first kappa shape index (κ1) is 12.0. The van der Waals surface area contributed by atoms with Gasteiger partial charge < -0.3 is 10.4 Å². The lowest BCUT2D eigenvalue weighted by Gasteiger charge is -2.43. The summed E-state index contributed by atoms with van der Waals surface area (Å²) < 4.78 is 0. The van der Waals surface area contributed by atoms with Gasteiger partial charge in [-0.2, -0.15) is 0 Å². The topological polar surface area (TPSA) is 35.5 Å². The normalized spacial score (nSPS) is 23.8. The number of nitrogens with zero attached hydrogens (tertiary/aromatic N) is 1. The Morgan fingerprint density at radius 3 is 2.36 bits per heavy atom. The molecule has 3 heteroatoms. The molecule has 3 nitrogen and oxygen atoms in total. The van der Waals surface area contributed by atoms with Crippen molar-refractivity contribution < 1.29 is 5.11 Å². The quantitative estimate of drug-likeness (QED) is 0.701. The van der Waals surface area contributed by atoms with Crippen LogP contribution in [-0.4, -0.2) is 48.3 Å². The highest BCUT2D eigenvalue weighted by atomic mass is 16.3. The molecule has 1 rings (SSSR count). The number of aliphatic hydroxyl groups excluding tert-OH is 1. The fourth-order valence-electron chi connectivity index (χ4n) is 2.38. The first-order valence-corrected chi connectivity index (χ1v) is 5.65. The highest BCUT2D eigenvalue weighted by Gasteiger charge is 2.32. The van der Waals surface area contributed by atoms with Gasteiger partial charge in [-0.05, 0) is 19.3 Å². The molecule has 1 saturated heterocycles. The van der Waals surface area contributed by atoms with E-state index in [0.717, 1.165) is 32.6 Å². The van der Waals surface area contributed by atoms with Crippen LogP contribution in [0, 0.1) is 5.92 Å². The summed E-state index contributed by atoms with van der Waals surface area (Å²) in [5.74, 6) is 0.641. The molecule has 0 radical (unpaired) electrons. The molecule has 0 aromatic carbocycles. The van der Waals surface area contributed by atoms with Crippen molar-refractivity contribution in [3.05, 3.63) is 0 Å². The van der Waals surface area contributed by atoms with Crippen LogP contribution in [-0.2, 0) is 0 Å². The van der Waals surface area contributed by atoms with Crippen molar-refractivity contribution in [3.63, 3.8) is 0 Å². The molecule has 1 aliphatic heterocycles. The molecule has 84 valence electrons. The molecular formula is C11H24N2O. The maximum atomic E-state index is 9.52. The second-order valence-corrected chi connectivity index (χ2v) is 4.99. The average Bonchev–Trinajstić information content (AvgIpc) is 2.18. The summed E-state index contributed by atoms with van der Waals surface area (Å²) in [5, 5.41) is 12.9. The van der Waals surface area contributed by atoms with E-state index >= 15 is 0 Å². The Balaban J connectivity index is 2.56. The Bertz CT molecular complexity index is 167. The van der Waals surface area contributed by atoms with Crippen LogP contribution < -0.4 is 5.32 Å². The van der Waals surface area contributed by atoms with Crippen LogP contribution in [0.4, 0.5) is 0 Å².